The third-order valence-electron chi connectivity index (χ3n) is 2.53. The van der Waals surface area contributed by atoms with Gasteiger partial charge >= 0.3 is 11.9 Å². The fourth-order valence-electron chi connectivity index (χ4n) is 1.43. The largest absolute Gasteiger partial charge is 0.468 e. The number of hydrogen-bond donors (Lipinski definition) is 0. The Morgan fingerprint density at radius 3 is 2.07 bits per heavy atom. The summed E-state index contributed by atoms with van der Waals surface area (Å²) in [6, 6.07) is 0. The predicted molar refractivity (Wildman–Crippen MR) is 49.5 cm³/mol. The standard InChI is InChI=1S/C10H16O4/c1-13-9(11)8(10(12)14-2)6-5-7-3-4-7/h7-8H,3-6H2,1-2H3. The first kappa shape index (κ1) is 11.0. The average Bonchev–Trinajstić information content (AvgIpc) is 3.00. The van der Waals surface area contributed by atoms with Crippen molar-refractivity contribution in [3.63, 3.8) is 0 Å². The second kappa shape index (κ2) is 4.98. The molecule has 4 heteroatoms. The van der Waals surface area contributed by atoms with E-state index in [-0.39, 0.29) is 0 Å². The summed E-state index contributed by atoms with van der Waals surface area (Å²) >= 11 is 0. The summed E-state index contributed by atoms with van der Waals surface area (Å²) < 4.78 is 9.10. The molecule has 80 valence electrons. The Labute approximate surface area is 83.6 Å². The van der Waals surface area contributed by atoms with Crippen LogP contribution in [-0.4, -0.2) is 26.2 Å². The highest BCUT2D eigenvalue weighted by Crippen LogP contribution is 2.34. The molecule has 0 N–H and O–H groups in total. The van der Waals surface area contributed by atoms with E-state index < -0.39 is 17.9 Å². The summed E-state index contributed by atoms with van der Waals surface area (Å²) in [5.41, 5.74) is 0. The van der Waals surface area contributed by atoms with E-state index in [1.807, 2.05) is 0 Å². The van der Waals surface area contributed by atoms with Gasteiger partial charge in [0.15, 0.2) is 5.92 Å². The maximum Gasteiger partial charge on any atom is 0.320 e. The van der Waals surface area contributed by atoms with Gasteiger partial charge in [-0.05, 0) is 18.8 Å². The molecule has 0 saturated heterocycles. The van der Waals surface area contributed by atoms with E-state index in [1.54, 1.807) is 0 Å². The van der Waals surface area contributed by atoms with Gasteiger partial charge in [-0.1, -0.05) is 12.8 Å². The zero-order valence-electron chi connectivity index (χ0n) is 8.62. The molecule has 1 rings (SSSR count). The van der Waals surface area contributed by atoms with Crippen molar-refractivity contribution < 1.29 is 19.1 Å². The van der Waals surface area contributed by atoms with Crippen molar-refractivity contribution in [2.45, 2.75) is 25.7 Å². The molecular weight excluding hydrogens is 184 g/mol. The van der Waals surface area contributed by atoms with Crippen molar-refractivity contribution >= 4 is 11.9 Å². The molecule has 0 unspecified atom stereocenters. The van der Waals surface area contributed by atoms with E-state index in [2.05, 4.69) is 9.47 Å². The van der Waals surface area contributed by atoms with Crippen LogP contribution in [0.5, 0.6) is 0 Å². The normalized spacial score (nSPS) is 15.4. The van der Waals surface area contributed by atoms with Gasteiger partial charge in [0, 0.05) is 0 Å². The van der Waals surface area contributed by atoms with Crippen LogP contribution in [0.15, 0.2) is 0 Å². The Bertz CT molecular complexity index is 204. The summed E-state index contributed by atoms with van der Waals surface area (Å²) in [5, 5.41) is 0. The van der Waals surface area contributed by atoms with Crippen molar-refractivity contribution in [3.05, 3.63) is 0 Å². The van der Waals surface area contributed by atoms with Gasteiger partial charge in [-0.25, -0.2) is 0 Å². The zero-order valence-corrected chi connectivity index (χ0v) is 8.62. The van der Waals surface area contributed by atoms with Crippen molar-refractivity contribution in [2.75, 3.05) is 14.2 Å². The highest BCUT2D eigenvalue weighted by molar-refractivity contribution is 5.94. The molecule has 0 atom stereocenters. The summed E-state index contributed by atoms with van der Waals surface area (Å²) in [7, 11) is 2.57. The Hall–Kier alpha value is -1.06. The monoisotopic (exact) mass is 200 g/mol. The van der Waals surface area contributed by atoms with Crippen LogP contribution in [0.2, 0.25) is 0 Å². The smallest absolute Gasteiger partial charge is 0.320 e. The summed E-state index contributed by atoms with van der Waals surface area (Å²) in [6.45, 7) is 0. The Morgan fingerprint density at radius 2 is 1.71 bits per heavy atom. The Balaban J connectivity index is 2.41. The van der Waals surface area contributed by atoms with E-state index >= 15 is 0 Å². The van der Waals surface area contributed by atoms with E-state index in [0.29, 0.717) is 12.3 Å². The van der Waals surface area contributed by atoms with Crippen LogP contribution >= 0.6 is 0 Å². The molecule has 0 aromatic carbocycles. The van der Waals surface area contributed by atoms with Crippen LogP contribution < -0.4 is 0 Å². The second-order valence-corrected chi connectivity index (χ2v) is 3.62. The minimum atomic E-state index is -0.731. The highest BCUT2D eigenvalue weighted by Gasteiger charge is 2.31. The first-order valence-electron chi connectivity index (χ1n) is 4.84. The Morgan fingerprint density at radius 1 is 1.21 bits per heavy atom. The third-order valence-corrected chi connectivity index (χ3v) is 2.53. The molecule has 4 nitrogen and oxygen atoms in total. The first-order chi connectivity index (χ1) is 6.69. The fourth-order valence-corrected chi connectivity index (χ4v) is 1.43. The van der Waals surface area contributed by atoms with Crippen molar-refractivity contribution in [2.24, 2.45) is 11.8 Å². The van der Waals surface area contributed by atoms with Crippen molar-refractivity contribution in [1.82, 2.24) is 0 Å². The molecule has 0 aromatic rings. The van der Waals surface area contributed by atoms with Crippen LogP contribution in [0.25, 0.3) is 0 Å². The number of carbonyl (C=O) groups is 2. The number of methoxy groups -OCH3 is 2. The van der Waals surface area contributed by atoms with E-state index in [4.69, 9.17) is 0 Å². The summed E-state index contributed by atoms with van der Waals surface area (Å²) in [6.07, 6.45) is 3.89. The Kier molecular flexibility index (Phi) is 3.92. The van der Waals surface area contributed by atoms with Gasteiger partial charge in [0.1, 0.15) is 0 Å². The predicted octanol–water partition coefficient (Wildman–Crippen LogP) is 1.14. The molecule has 0 spiro atoms. The van der Waals surface area contributed by atoms with Gasteiger partial charge in [0.05, 0.1) is 14.2 Å². The highest BCUT2D eigenvalue weighted by atomic mass is 16.5. The van der Waals surface area contributed by atoms with E-state index in [1.165, 1.54) is 27.1 Å². The van der Waals surface area contributed by atoms with E-state index in [9.17, 15) is 9.59 Å². The molecular formula is C10H16O4. The topological polar surface area (TPSA) is 52.6 Å². The first-order valence-corrected chi connectivity index (χ1v) is 4.84. The molecule has 1 saturated carbocycles. The quantitative estimate of drug-likeness (QED) is 0.493. The number of ether oxygens (including phenoxy) is 2. The van der Waals surface area contributed by atoms with Crippen molar-refractivity contribution in [1.29, 1.82) is 0 Å². The van der Waals surface area contributed by atoms with Gasteiger partial charge in [-0.15, -0.1) is 0 Å². The lowest BCUT2D eigenvalue weighted by Crippen LogP contribution is -2.26. The molecule has 1 fully saturated rings. The summed E-state index contributed by atoms with van der Waals surface area (Å²) in [4.78, 5) is 22.4. The zero-order chi connectivity index (χ0) is 10.6. The number of carbonyl (C=O) groups excluding carboxylic acids is 2. The molecule has 0 bridgehead atoms. The van der Waals surface area contributed by atoms with Crippen molar-refractivity contribution in [3.8, 4) is 0 Å². The molecule has 0 aromatic heterocycles. The number of rotatable bonds is 5. The van der Waals surface area contributed by atoms with Crippen LogP contribution in [0.4, 0.5) is 0 Å². The van der Waals surface area contributed by atoms with Crippen LogP contribution in [0, 0.1) is 11.8 Å². The fraction of sp³-hybridized carbons (Fsp3) is 0.800. The maximum absolute atomic E-state index is 11.2. The number of hydrogen-bond acceptors (Lipinski definition) is 4. The molecule has 0 heterocycles. The number of esters is 2. The van der Waals surface area contributed by atoms with E-state index in [0.717, 1.165) is 6.42 Å². The van der Waals surface area contributed by atoms with Crippen LogP contribution in [0.3, 0.4) is 0 Å². The molecule has 0 aliphatic heterocycles. The van der Waals surface area contributed by atoms with Gasteiger partial charge < -0.3 is 9.47 Å². The SMILES string of the molecule is COC(=O)C(CCC1CC1)C(=O)OC. The second-order valence-electron chi connectivity index (χ2n) is 3.62. The molecule has 0 radical (unpaired) electrons. The molecule has 14 heavy (non-hydrogen) atoms. The minimum absolute atomic E-state index is 0.488. The molecule has 1 aliphatic carbocycles. The lowest BCUT2D eigenvalue weighted by Gasteiger charge is -2.11. The van der Waals surface area contributed by atoms with Gasteiger partial charge in [-0.3, -0.25) is 9.59 Å². The maximum atomic E-state index is 11.2. The van der Waals surface area contributed by atoms with Gasteiger partial charge in [0.2, 0.25) is 0 Å². The molecule has 1 aliphatic rings. The van der Waals surface area contributed by atoms with Gasteiger partial charge in [0.25, 0.3) is 0 Å². The average molecular weight is 200 g/mol. The van der Waals surface area contributed by atoms with Gasteiger partial charge in [-0.2, -0.15) is 0 Å². The molecule has 0 amide bonds. The van der Waals surface area contributed by atoms with Crippen LogP contribution in [0.1, 0.15) is 25.7 Å². The lowest BCUT2D eigenvalue weighted by atomic mass is 10.0. The minimum Gasteiger partial charge on any atom is -0.468 e. The third kappa shape index (κ3) is 3.01. The van der Waals surface area contributed by atoms with Crippen LogP contribution in [-0.2, 0) is 19.1 Å². The lowest BCUT2D eigenvalue weighted by molar-refractivity contribution is -0.159. The summed E-state index contributed by atoms with van der Waals surface area (Å²) in [5.74, 6) is -1.01.